The van der Waals surface area contributed by atoms with E-state index in [1.807, 2.05) is 0 Å². The van der Waals surface area contributed by atoms with Gasteiger partial charge in [-0.15, -0.1) is 0 Å². The first-order chi connectivity index (χ1) is 8.96. The molecule has 104 valence electrons. The lowest BCUT2D eigenvalue weighted by atomic mass is 9.55. The topological polar surface area (TPSA) is 55.8 Å². The molecule has 3 rings (SSSR count). The van der Waals surface area contributed by atoms with Crippen LogP contribution in [0.3, 0.4) is 0 Å². The van der Waals surface area contributed by atoms with Gasteiger partial charge < -0.3 is 4.74 Å². The summed E-state index contributed by atoms with van der Waals surface area (Å²) in [5.74, 6) is 0.100. The van der Waals surface area contributed by atoms with Crippen LogP contribution in [0.5, 0.6) is 0 Å². The molecule has 0 aromatic heterocycles. The van der Waals surface area contributed by atoms with Crippen LogP contribution in [0.25, 0.3) is 0 Å². The van der Waals surface area contributed by atoms with E-state index in [1.165, 1.54) is 0 Å². The summed E-state index contributed by atoms with van der Waals surface area (Å²) in [6.45, 7) is 10.2. The van der Waals surface area contributed by atoms with Gasteiger partial charge in [0.05, 0.1) is 0 Å². The van der Waals surface area contributed by atoms with E-state index in [1.54, 1.807) is 0 Å². The smallest absolute Gasteiger partial charge is 0.334 e. The van der Waals surface area contributed by atoms with Crippen molar-refractivity contribution < 1.29 is 19.7 Å². The van der Waals surface area contributed by atoms with Crippen molar-refractivity contribution in [3.8, 4) is 0 Å². The minimum atomic E-state index is -0.277. The number of ether oxygens (including phenoxy) is 1. The van der Waals surface area contributed by atoms with Crippen molar-refractivity contribution in [2.75, 3.05) is 0 Å². The average molecular weight is 264 g/mol. The van der Waals surface area contributed by atoms with Crippen LogP contribution in [0.4, 0.5) is 0 Å². The van der Waals surface area contributed by atoms with Gasteiger partial charge in [-0.2, -0.15) is 0 Å². The van der Waals surface area contributed by atoms with Crippen LogP contribution in [0, 0.1) is 17.3 Å². The lowest BCUT2D eigenvalue weighted by Crippen LogP contribution is -2.47. The highest BCUT2D eigenvalue weighted by Crippen LogP contribution is 2.56. The molecule has 1 saturated heterocycles. The Kier molecular flexibility index (Phi) is 2.84. The van der Waals surface area contributed by atoms with E-state index in [4.69, 9.17) is 9.99 Å². The van der Waals surface area contributed by atoms with Crippen molar-refractivity contribution in [3.63, 3.8) is 0 Å². The first-order valence-corrected chi connectivity index (χ1v) is 6.85. The van der Waals surface area contributed by atoms with E-state index in [0.29, 0.717) is 5.57 Å². The highest BCUT2D eigenvalue weighted by Gasteiger charge is 2.54. The number of hydrogen-bond donors (Lipinski definition) is 1. The zero-order valence-electron chi connectivity index (χ0n) is 11.2. The maximum Gasteiger partial charge on any atom is 0.334 e. The average Bonchev–Trinajstić information content (AvgIpc) is 2.63. The van der Waals surface area contributed by atoms with Gasteiger partial charge in [-0.05, 0) is 42.6 Å². The zero-order valence-corrected chi connectivity index (χ0v) is 11.2. The fraction of sp³-hybridized carbons (Fsp3) is 0.667. The molecule has 1 N–H and O–H groups in total. The highest BCUT2D eigenvalue weighted by molar-refractivity contribution is 5.90. The molecule has 5 atom stereocenters. The van der Waals surface area contributed by atoms with Gasteiger partial charge in [-0.3, -0.25) is 5.26 Å². The predicted octanol–water partition coefficient (Wildman–Crippen LogP) is 2.71. The molecule has 0 aromatic carbocycles. The van der Waals surface area contributed by atoms with Crippen molar-refractivity contribution in [2.24, 2.45) is 17.3 Å². The van der Waals surface area contributed by atoms with E-state index in [-0.39, 0.29) is 35.4 Å². The second-order valence-electron chi connectivity index (χ2n) is 6.43. The molecule has 0 radical (unpaired) electrons. The summed E-state index contributed by atoms with van der Waals surface area (Å²) in [4.78, 5) is 16.2. The Hall–Kier alpha value is -1.13. The molecule has 0 spiro atoms. The SMILES string of the molecule is C=C1C(=O)O[C@@H]2C[C@@]3(C)CC[C@@H](OO)C(=C)[C@@H]3C[C@H]12. The van der Waals surface area contributed by atoms with E-state index >= 15 is 0 Å². The maximum atomic E-state index is 11.6. The predicted molar refractivity (Wildman–Crippen MR) is 69.2 cm³/mol. The number of esters is 1. The fourth-order valence-corrected chi connectivity index (χ4v) is 4.16. The van der Waals surface area contributed by atoms with E-state index in [9.17, 15) is 4.79 Å². The van der Waals surface area contributed by atoms with Crippen LogP contribution >= 0.6 is 0 Å². The summed E-state index contributed by atoms with van der Waals surface area (Å²) in [6.07, 6.45) is 3.10. The number of fused-ring (bicyclic) bond motifs is 2. The summed E-state index contributed by atoms with van der Waals surface area (Å²) in [7, 11) is 0. The molecule has 3 aliphatic rings. The summed E-state index contributed by atoms with van der Waals surface area (Å²) in [5, 5.41) is 8.96. The minimum Gasteiger partial charge on any atom is -0.458 e. The standard InChI is InChI=1S/C15H20O4/c1-8-10-6-11-9(2)12(19-17)4-5-15(11,3)7-13(10)18-14(8)16/h10-13,17H,1-2,4-7H2,3H3/t10-,11+,12-,13-,15-/m1/s1. The maximum absolute atomic E-state index is 11.6. The molecule has 0 aromatic rings. The molecule has 3 fully saturated rings. The van der Waals surface area contributed by atoms with Crippen molar-refractivity contribution in [1.82, 2.24) is 0 Å². The molecular weight excluding hydrogens is 244 g/mol. The number of hydrogen-bond acceptors (Lipinski definition) is 4. The van der Waals surface area contributed by atoms with Crippen LogP contribution in [0.15, 0.2) is 24.3 Å². The largest absolute Gasteiger partial charge is 0.458 e. The molecule has 1 heterocycles. The van der Waals surface area contributed by atoms with Crippen molar-refractivity contribution >= 4 is 5.97 Å². The van der Waals surface area contributed by atoms with Crippen LogP contribution in [0.1, 0.15) is 32.6 Å². The third kappa shape index (κ3) is 1.77. The Morgan fingerprint density at radius 1 is 1.47 bits per heavy atom. The van der Waals surface area contributed by atoms with Gasteiger partial charge in [-0.1, -0.05) is 20.1 Å². The van der Waals surface area contributed by atoms with Gasteiger partial charge in [-0.25, -0.2) is 9.68 Å². The highest BCUT2D eigenvalue weighted by atomic mass is 17.1. The van der Waals surface area contributed by atoms with Crippen molar-refractivity contribution in [1.29, 1.82) is 0 Å². The van der Waals surface area contributed by atoms with Gasteiger partial charge in [0.1, 0.15) is 12.2 Å². The second-order valence-corrected chi connectivity index (χ2v) is 6.43. The van der Waals surface area contributed by atoms with Gasteiger partial charge in [0.15, 0.2) is 0 Å². The van der Waals surface area contributed by atoms with E-state index in [2.05, 4.69) is 25.0 Å². The third-order valence-electron chi connectivity index (χ3n) is 5.38. The minimum absolute atomic E-state index is 0.0272. The van der Waals surface area contributed by atoms with Gasteiger partial charge in [0, 0.05) is 11.5 Å². The first kappa shape index (κ1) is 12.9. The molecule has 0 amide bonds. The molecule has 0 bridgehead atoms. The van der Waals surface area contributed by atoms with Crippen LogP contribution in [-0.2, 0) is 14.4 Å². The Bertz CT molecular complexity index is 455. The molecule has 2 aliphatic carbocycles. The van der Waals surface area contributed by atoms with Crippen LogP contribution < -0.4 is 0 Å². The molecule has 1 aliphatic heterocycles. The van der Waals surface area contributed by atoms with Crippen molar-refractivity contribution in [3.05, 3.63) is 24.3 Å². The number of carbonyl (C=O) groups is 1. The summed E-state index contributed by atoms with van der Waals surface area (Å²) < 4.78 is 5.43. The second kappa shape index (κ2) is 4.18. The molecule has 0 unspecified atom stereocenters. The Morgan fingerprint density at radius 2 is 2.21 bits per heavy atom. The van der Waals surface area contributed by atoms with Crippen LogP contribution in [-0.4, -0.2) is 23.4 Å². The molecule has 4 nitrogen and oxygen atoms in total. The Balaban J connectivity index is 1.88. The van der Waals surface area contributed by atoms with Gasteiger partial charge in [0.25, 0.3) is 0 Å². The van der Waals surface area contributed by atoms with Gasteiger partial charge in [0.2, 0.25) is 0 Å². The lowest BCUT2D eigenvalue weighted by molar-refractivity contribution is -0.278. The number of carbonyl (C=O) groups excluding carboxylic acids is 1. The summed E-state index contributed by atoms with van der Waals surface area (Å²) in [5.41, 5.74) is 1.62. The van der Waals surface area contributed by atoms with Crippen LogP contribution in [0.2, 0.25) is 0 Å². The van der Waals surface area contributed by atoms with E-state index < -0.39 is 0 Å². The fourth-order valence-electron chi connectivity index (χ4n) is 4.16. The van der Waals surface area contributed by atoms with Crippen molar-refractivity contribution in [2.45, 2.75) is 44.8 Å². The Labute approximate surface area is 113 Å². The molecule has 2 saturated carbocycles. The molecule has 19 heavy (non-hydrogen) atoms. The molecule has 4 heteroatoms. The zero-order chi connectivity index (χ0) is 13.8. The third-order valence-corrected chi connectivity index (χ3v) is 5.38. The quantitative estimate of drug-likeness (QED) is 0.260. The number of rotatable bonds is 1. The summed E-state index contributed by atoms with van der Waals surface area (Å²) in [6, 6.07) is 0. The molecular formula is C15H20O4. The normalized spacial score (nSPS) is 45.7. The van der Waals surface area contributed by atoms with Gasteiger partial charge >= 0.3 is 5.97 Å². The first-order valence-electron chi connectivity index (χ1n) is 6.85. The van der Waals surface area contributed by atoms with E-state index in [0.717, 1.165) is 31.3 Å². The lowest BCUT2D eigenvalue weighted by Gasteiger charge is -2.50. The monoisotopic (exact) mass is 264 g/mol. The summed E-state index contributed by atoms with van der Waals surface area (Å²) >= 11 is 0. The Morgan fingerprint density at radius 3 is 2.89 bits per heavy atom.